The second kappa shape index (κ2) is 7.16. The first kappa shape index (κ1) is 16.6. The van der Waals surface area contributed by atoms with Gasteiger partial charge in [-0.3, -0.25) is 9.80 Å². The lowest BCUT2D eigenvalue weighted by Crippen LogP contribution is -2.45. The third-order valence-corrected chi connectivity index (χ3v) is 5.24. The van der Waals surface area contributed by atoms with Crippen LogP contribution in [-0.4, -0.2) is 45.5 Å². The summed E-state index contributed by atoms with van der Waals surface area (Å²) in [7, 11) is 2.11. The Balaban J connectivity index is 1.36. The first-order chi connectivity index (χ1) is 12.2. The van der Waals surface area contributed by atoms with E-state index >= 15 is 0 Å². The molecule has 1 saturated heterocycles. The lowest BCUT2D eigenvalue weighted by Gasteiger charge is -2.34. The van der Waals surface area contributed by atoms with Crippen LogP contribution in [0.15, 0.2) is 48.5 Å². The molecule has 2 aromatic carbocycles. The summed E-state index contributed by atoms with van der Waals surface area (Å²) >= 11 is 6.09. The fourth-order valence-corrected chi connectivity index (χ4v) is 3.75. The van der Waals surface area contributed by atoms with E-state index < -0.39 is 0 Å². The van der Waals surface area contributed by atoms with Crippen molar-refractivity contribution in [1.82, 2.24) is 19.4 Å². The summed E-state index contributed by atoms with van der Waals surface area (Å²) in [6, 6.07) is 16.5. The van der Waals surface area contributed by atoms with Crippen LogP contribution in [0.4, 0.5) is 0 Å². The molecule has 0 unspecified atom stereocenters. The van der Waals surface area contributed by atoms with E-state index in [-0.39, 0.29) is 0 Å². The maximum atomic E-state index is 6.09. The van der Waals surface area contributed by atoms with Gasteiger partial charge in [0.15, 0.2) is 0 Å². The van der Waals surface area contributed by atoms with E-state index in [1.54, 1.807) is 0 Å². The van der Waals surface area contributed by atoms with Crippen LogP contribution in [0.5, 0.6) is 0 Å². The van der Waals surface area contributed by atoms with Crippen molar-refractivity contribution in [2.45, 2.75) is 13.1 Å². The van der Waals surface area contributed by atoms with Gasteiger partial charge in [0.1, 0.15) is 5.82 Å². The molecule has 0 bridgehead atoms. The van der Waals surface area contributed by atoms with Crippen LogP contribution in [-0.2, 0) is 20.1 Å². The van der Waals surface area contributed by atoms with Gasteiger partial charge in [-0.2, -0.15) is 0 Å². The van der Waals surface area contributed by atoms with Gasteiger partial charge in [0, 0.05) is 44.8 Å². The molecule has 0 aliphatic carbocycles. The van der Waals surface area contributed by atoms with Crippen molar-refractivity contribution in [3.05, 3.63) is 64.9 Å². The van der Waals surface area contributed by atoms with Gasteiger partial charge in [-0.05, 0) is 29.8 Å². The molecule has 1 aliphatic heterocycles. The lowest BCUT2D eigenvalue weighted by atomic mass is 10.2. The number of hydrogen-bond donors (Lipinski definition) is 0. The summed E-state index contributed by atoms with van der Waals surface area (Å²) in [5.41, 5.74) is 3.58. The van der Waals surface area contributed by atoms with Gasteiger partial charge in [0.2, 0.25) is 0 Å². The first-order valence-corrected chi connectivity index (χ1v) is 9.16. The van der Waals surface area contributed by atoms with Crippen LogP contribution >= 0.6 is 11.6 Å². The molecule has 1 fully saturated rings. The highest BCUT2D eigenvalue weighted by Crippen LogP contribution is 2.17. The predicted octanol–water partition coefficient (Wildman–Crippen LogP) is 3.54. The van der Waals surface area contributed by atoms with Crippen molar-refractivity contribution >= 4 is 22.6 Å². The number of aromatic nitrogens is 2. The molecule has 1 aromatic heterocycles. The monoisotopic (exact) mass is 354 g/mol. The van der Waals surface area contributed by atoms with Crippen molar-refractivity contribution in [3.63, 3.8) is 0 Å². The third kappa shape index (κ3) is 3.71. The Hall–Kier alpha value is -1.88. The molecule has 3 aromatic rings. The van der Waals surface area contributed by atoms with Crippen LogP contribution in [0.2, 0.25) is 5.02 Å². The number of nitrogens with zero attached hydrogens (tertiary/aromatic N) is 4. The number of benzene rings is 2. The summed E-state index contributed by atoms with van der Waals surface area (Å²) in [4.78, 5) is 9.79. The highest BCUT2D eigenvalue weighted by molar-refractivity contribution is 6.30. The second-order valence-corrected chi connectivity index (χ2v) is 7.19. The molecular formula is C20H23ClN4. The number of para-hydroxylation sites is 2. The zero-order chi connectivity index (χ0) is 17.2. The van der Waals surface area contributed by atoms with Crippen molar-refractivity contribution < 1.29 is 0 Å². The number of piperazine rings is 1. The van der Waals surface area contributed by atoms with E-state index in [4.69, 9.17) is 16.6 Å². The van der Waals surface area contributed by atoms with Gasteiger partial charge in [-0.1, -0.05) is 35.9 Å². The van der Waals surface area contributed by atoms with Crippen LogP contribution in [0.3, 0.4) is 0 Å². The van der Waals surface area contributed by atoms with Crippen molar-refractivity contribution in [2.75, 3.05) is 26.2 Å². The van der Waals surface area contributed by atoms with Crippen LogP contribution in [0, 0.1) is 0 Å². The van der Waals surface area contributed by atoms with E-state index in [0.29, 0.717) is 0 Å². The highest BCUT2D eigenvalue weighted by atomic mass is 35.5. The van der Waals surface area contributed by atoms with E-state index in [1.165, 1.54) is 11.1 Å². The van der Waals surface area contributed by atoms with E-state index in [9.17, 15) is 0 Å². The summed E-state index contributed by atoms with van der Waals surface area (Å²) in [6.45, 7) is 6.19. The van der Waals surface area contributed by atoms with Gasteiger partial charge < -0.3 is 4.57 Å². The zero-order valence-electron chi connectivity index (χ0n) is 14.5. The largest absolute Gasteiger partial charge is 0.330 e. The van der Waals surface area contributed by atoms with E-state index in [2.05, 4.69) is 51.7 Å². The van der Waals surface area contributed by atoms with Gasteiger partial charge in [0.25, 0.3) is 0 Å². The average molecular weight is 355 g/mol. The Kier molecular flexibility index (Phi) is 4.75. The molecular weight excluding hydrogens is 332 g/mol. The first-order valence-electron chi connectivity index (χ1n) is 8.78. The quantitative estimate of drug-likeness (QED) is 0.716. The Morgan fingerprint density at radius 3 is 2.36 bits per heavy atom. The molecule has 4 rings (SSSR count). The van der Waals surface area contributed by atoms with E-state index in [1.807, 2.05) is 18.2 Å². The van der Waals surface area contributed by atoms with Crippen molar-refractivity contribution in [2.24, 2.45) is 7.05 Å². The van der Waals surface area contributed by atoms with Gasteiger partial charge >= 0.3 is 0 Å². The normalized spacial score (nSPS) is 16.6. The predicted molar refractivity (Wildman–Crippen MR) is 103 cm³/mol. The molecule has 5 heteroatoms. The number of fused-ring (bicyclic) bond motifs is 1. The number of hydrogen-bond acceptors (Lipinski definition) is 3. The molecule has 2 heterocycles. The minimum Gasteiger partial charge on any atom is -0.330 e. The Morgan fingerprint density at radius 1 is 0.920 bits per heavy atom. The fourth-order valence-electron chi connectivity index (χ4n) is 3.54. The number of imidazole rings is 1. The Morgan fingerprint density at radius 2 is 1.64 bits per heavy atom. The topological polar surface area (TPSA) is 24.3 Å². The summed E-state index contributed by atoms with van der Waals surface area (Å²) in [5.74, 6) is 1.14. The summed E-state index contributed by atoms with van der Waals surface area (Å²) in [6.07, 6.45) is 0. The number of halogens is 1. The smallest absolute Gasteiger partial charge is 0.123 e. The van der Waals surface area contributed by atoms with Crippen LogP contribution in [0.1, 0.15) is 11.4 Å². The van der Waals surface area contributed by atoms with Gasteiger partial charge in [-0.15, -0.1) is 0 Å². The van der Waals surface area contributed by atoms with E-state index in [0.717, 1.165) is 55.6 Å². The molecule has 0 N–H and O–H groups in total. The molecule has 0 spiro atoms. The second-order valence-electron chi connectivity index (χ2n) is 6.76. The average Bonchev–Trinajstić information content (AvgIpc) is 2.93. The molecule has 0 saturated carbocycles. The van der Waals surface area contributed by atoms with Crippen molar-refractivity contribution in [1.29, 1.82) is 0 Å². The standard InChI is InChI=1S/C20H23ClN4/c1-23-19-8-3-2-7-18(19)22-20(23)15-25-11-9-24(10-12-25)14-16-5-4-6-17(21)13-16/h2-8,13H,9-12,14-15H2,1H3. The minimum absolute atomic E-state index is 0.818. The highest BCUT2D eigenvalue weighted by Gasteiger charge is 2.19. The van der Waals surface area contributed by atoms with Gasteiger partial charge in [-0.25, -0.2) is 4.98 Å². The zero-order valence-corrected chi connectivity index (χ0v) is 15.3. The molecule has 4 nitrogen and oxygen atoms in total. The van der Waals surface area contributed by atoms with Crippen LogP contribution in [0.25, 0.3) is 11.0 Å². The minimum atomic E-state index is 0.818. The Labute approximate surface area is 153 Å². The Bertz CT molecular complexity index is 865. The molecule has 0 radical (unpaired) electrons. The van der Waals surface area contributed by atoms with Gasteiger partial charge in [0.05, 0.1) is 17.6 Å². The number of aryl methyl sites for hydroxylation is 1. The molecule has 25 heavy (non-hydrogen) atoms. The molecule has 1 aliphatic rings. The SMILES string of the molecule is Cn1c(CN2CCN(Cc3cccc(Cl)c3)CC2)nc2ccccc21. The van der Waals surface area contributed by atoms with Crippen molar-refractivity contribution in [3.8, 4) is 0 Å². The summed E-state index contributed by atoms with van der Waals surface area (Å²) in [5, 5.41) is 0.818. The molecule has 0 amide bonds. The maximum absolute atomic E-state index is 6.09. The lowest BCUT2D eigenvalue weighted by molar-refractivity contribution is 0.119. The molecule has 0 atom stereocenters. The fraction of sp³-hybridized carbons (Fsp3) is 0.350. The third-order valence-electron chi connectivity index (χ3n) is 5.00. The molecule has 130 valence electrons. The summed E-state index contributed by atoms with van der Waals surface area (Å²) < 4.78 is 2.22. The number of rotatable bonds is 4. The van der Waals surface area contributed by atoms with Crippen LogP contribution < -0.4 is 0 Å². The maximum Gasteiger partial charge on any atom is 0.123 e.